The van der Waals surface area contributed by atoms with Gasteiger partial charge in [0.2, 0.25) is 0 Å². The molecule has 5 nitrogen and oxygen atoms in total. The summed E-state index contributed by atoms with van der Waals surface area (Å²) in [6.07, 6.45) is 5.28. The Labute approximate surface area is 170 Å². The number of oxazole rings is 1. The normalized spacial score (nSPS) is 11.5. The molecule has 0 amide bonds. The Morgan fingerprint density at radius 3 is 2.72 bits per heavy atom. The zero-order valence-corrected chi connectivity index (χ0v) is 16.8. The lowest BCUT2D eigenvalue weighted by atomic mass is 9.91. The quantitative estimate of drug-likeness (QED) is 0.446. The van der Waals surface area contributed by atoms with Gasteiger partial charge in [-0.3, -0.25) is 4.98 Å². The summed E-state index contributed by atoms with van der Waals surface area (Å²) < 4.78 is 6.04. The van der Waals surface area contributed by atoms with Gasteiger partial charge < -0.3 is 4.42 Å². The fourth-order valence-electron chi connectivity index (χ4n) is 3.19. The predicted molar refractivity (Wildman–Crippen MR) is 113 cm³/mol. The van der Waals surface area contributed by atoms with Crippen LogP contribution in [-0.2, 0) is 6.42 Å². The number of hydrogen-bond donors (Lipinski definition) is 0. The van der Waals surface area contributed by atoms with E-state index >= 15 is 0 Å². The van der Waals surface area contributed by atoms with Crippen LogP contribution in [-0.4, -0.2) is 15.0 Å². The number of rotatable bonds is 4. The number of hydrogen-bond acceptors (Lipinski definition) is 5. The van der Waals surface area contributed by atoms with E-state index in [-0.39, 0.29) is 5.41 Å². The highest BCUT2D eigenvalue weighted by molar-refractivity contribution is 5.87. The third kappa shape index (κ3) is 4.17. The highest BCUT2D eigenvalue weighted by atomic mass is 16.4. The SMILES string of the molecule is CC(C)(C)CCc1ncc(-c2ccc(C#N)nc2-c2ccc3cccnc3c2)o1. The average molecular weight is 382 g/mol. The Bertz CT molecular complexity index is 1210. The molecule has 0 bridgehead atoms. The Morgan fingerprint density at radius 1 is 1.07 bits per heavy atom. The molecule has 144 valence electrons. The van der Waals surface area contributed by atoms with E-state index in [1.54, 1.807) is 18.5 Å². The van der Waals surface area contributed by atoms with Gasteiger partial charge in [-0.25, -0.2) is 9.97 Å². The van der Waals surface area contributed by atoms with Crippen molar-refractivity contribution < 1.29 is 4.42 Å². The van der Waals surface area contributed by atoms with E-state index in [0.717, 1.165) is 34.9 Å². The van der Waals surface area contributed by atoms with Crippen molar-refractivity contribution in [3.63, 3.8) is 0 Å². The van der Waals surface area contributed by atoms with Crippen molar-refractivity contribution in [1.29, 1.82) is 5.26 Å². The van der Waals surface area contributed by atoms with E-state index in [2.05, 4.69) is 41.8 Å². The molecule has 0 fully saturated rings. The van der Waals surface area contributed by atoms with E-state index in [1.165, 1.54) is 0 Å². The highest BCUT2D eigenvalue weighted by Gasteiger charge is 2.17. The number of aromatic nitrogens is 3. The first-order chi connectivity index (χ1) is 13.9. The molecule has 0 aliphatic rings. The molecule has 4 rings (SSSR count). The third-order valence-corrected chi connectivity index (χ3v) is 4.80. The minimum Gasteiger partial charge on any atom is -0.441 e. The first kappa shape index (κ1) is 18.8. The van der Waals surface area contributed by atoms with Crippen LogP contribution in [0.5, 0.6) is 0 Å². The van der Waals surface area contributed by atoms with Crippen molar-refractivity contribution in [2.45, 2.75) is 33.6 Å². The number of pyridine rings is 2. The fourth-order valence-corrected chi connectivity index (χ4v) is 3.19. The first-order valence-corrected chi connectivity index (χ1v) is 9.64. The second-order valence-corrected chi connectivity index (χ2v) is 8.29. The van der Waals surface area contributed by atoms with E-state index in [1.807, 2.05) is 36.4 Å². The van der Waals surface area contributed by atoms with Gasteiger partial charge in [0.25, 0.3) is 0 Å². The zero-order valence-electron chi connectivity index (χ0n) is 16.8. The smallest absolute Gasteiger partial charge is 0.194 e. The Kier molecular flexibility index (Phi) is 4.85. The standard InChI is InChI=1S/C24H22N4O/c1-24(2,3)11-10-22-27-15-21(29-22)19-9-8-18(14-25)28-23(19)17-7-6-16-5-4-12-26-20(16)13-17/h4-9,12-13,15H,10-11H2,1-3H3. The first-order valence-electron chi connectivity index (χ1n) is 9.64. The number of nitriles is 1. The molecule has 0 radical (unpaired) electrons. The summed E-state index contributed by atoms with van der Waals surface area (Å²) >= 11 is 0. The van der Waals surface area contributed by atoms with Crippen LogP contribution in [0.25, 0.3) is 33.5 Å². The van der Waals surface area contributed by atoms with Crippen LogP contribution in [0, 0.1) is 16.7 Å². The van der Waals surface area contributed by atoms with Crippen LogP contribution in [0.15, 0.2) is 59.3 Å². The third-order valence-electron chi connectivity index (χ3n) is 4.80. The second kappa shape index (κ2) is 7.48. The van der Waals surface area contributed by atoms with Crippen molar-refractivity contribution >= 4 is 10.9 Å². The van der Waals surface area contributed by atoms with Crippen molar-refractivity contribution in [3.05, 3.63) is 66.4 Å². The lowest BCUT2D eigenvalue weighted by molar-refractivity contribution is 0.356. The molecule has 0 aliphatic heterocycles. The topological polar surface area (TPSA) is 75.6 Å². The van der Waals surface area contributed by atoms with Crippen LogP contribution in [0.1, 0.15) is 38.8 Å². The number of fused-ring (bicyclic) bond motifs is 1. The van der Waals surface area contributed by atoms with Gasteiger partial charge in [-0.15, -0.1) is 0 Å². The predicted octanol–water partition coefficient (Wildman–Crippen LogP) is 5.80. The monoisotopic (exact) mass is 382 g/mol. The fraction of sp³-hybridized carbons (Fsp3) is 0.250. The molecular weight excluding hydrogens is 360 g/mol. The van der Waals surface area contributed by atoms with Crippen LogP contribution in [0.2, 0.25) is 0 Å². The van der Waals surface area contributed by atoms with Gasteiger partial charge in [0.1, 0.15) is 11.8 Å². The van der Waals surface area contributed by atoms with Gasteiger partial charge in [-0.05, 0) is 36.1 Å². The molecule has 1 aromatic carbocycles. The van der Waals surface area contributed by atoms with Crippen LogP contribution in [0.4, 0.5) is 0 Å². The number of benzene rings is 1. The molecule has 3 aromatic heterocycles. The van der Waals surface area contributed by atoms with Crippen LogP contribution >= 0.6 is 0 Å². The zero-order chi connectivity index (χ0) is 20.4. The summed E-state index contributed by atoms with van der Waals surface area (Å²) in [6, 6.07) is 15.6. The second-order valence-electron chi connectivity index (χ2n) is 8.29. The summed E-state index contributed by atoms with van der Waals surface area (Å²) in [5, 5.41) is 10.4. The van der Waals surface area contributed by atoms with Crippen molar-refractivity contribution in [2.24, 2.45) is 5.41 Å². The molecule has 5 heteroatoms. The largest absolute Gasteiger partial charge is 0.441 e. The Morgan fingerprint density at radius 2 is 1.93 bits per heavy atom. The molecule has 4 aromatic rings. The summed E-state index contributed by atoms with van der Waals surface area (Å²) in [5.41, 5.74) is 3.84. The van der Waals surface area contributed by atoms with E-state index < -0.39 is 0 Å². The van der Waals surface area contributed by atoms with Gasteiger partial charge in [-0.1, -0.05) is 39.0 Å². The molecular formula is C24H22N4O. The van der Waals surface area contributed by atoms with Crippen molar-refractivity contribution in [2.75, 3.05) is 0 Å². The van der Waals surface area contributed by atoms with Crippen molar-refractivity contribution in [1.82, 2.24) is 15.0 Å². The van der Waals surface area contributed by atoms with Crippen molar-refractivity contribution in [3.8, 4) is 28.7 Å². The van der Waals surface area contributed by atoms with Crippen LogP contribution in [0.3, 0.4) is 0 Å². The number of aryl methyl sites for hydroxylation is 1. The average Bonchev–Trinajstić information content (AvgIpc) is 3.20. The Hall–Kier alpha value is -3.52. The molecule has 0 atom stereocenters. The maximum Gasteiger partial charge on any atom is 0.194 e. The molecule has 0 saturated heterocycles. The summed E-state index contributed by atoms with van der Waals surface area (Å²) in [6.45, 7) is 6.60. The highest BCUT2D eigenvalue weighted by Crippen LogP contribution is 2.33. The lowest BCUT2D eigenvalue weighted by Gasteiger charge is -2.16. The lowest BCUT2D eigenvalue weighted by Crippen LogP contribution is -2.06. The molecule has 0 spiro atoms. The molecule has 29 heavy (non-hydrogen) atoms. The van der Waals surface area contributed by atoms with Gasteiger partial charge >= 0.3 is 0 Å². The summed E-state index contributed by atoms with van der Waals surface area (Å²) in [5.74, 6) is 1.37. The van der Waals surface area contributed by atoms with Gasteiger partial charge in [0.05, 0.1) is 17.4 Å². The number of nitrogens with zero attached hydrogens (tertiary/aromatic N) is 4. The molecule has 0 unspecified atom stereocenters. The maximum atomic E-state index is 9.33. The molecule has 0 aliphatic carbocycles. The minimum atomic E-state index is 0.216. The molecule has 3 heterocycles. The molecule has 0 saturated carbocycles. The van der Waals surface area contributed by atoms with Gasteiger partial charge in [-0.2, -0.15) is 5.26 Å². The minimum absolute atomic E-state index is 0.216. The van der Waals surface area contributed by atoms with E-state index in [0.29, 0.717) is 23.0 Å². The molecule has 0 N–H and O–H groups in total. The van der Waals surface area contributed by atoms with E-state index in [9.17, 15) is 5.26 Å². The maximum absolute atomic E-state index is 9.33. The Balaban J connectivity index is 1.76. The van der Waals surface area contributed by atoms with E-state index in [4.69, 9.17) is 4.42 Å². The van der Waals surface area contributed by atoms with Gasteiger partial charge in [0, 0.05) is 29.1 Å². The van der Waals surface area contributed by atoms with Crippen LogP contribution < -0.4 is 0 Å². The summed E-state index contributed by atoms with van der Waals surface area (Å²) in [7, 11) is 0. The summed E-state index contributed by atoms with van der Waals surface area (Å²) in [4.78, 5) is 13.4. The van der Waals surface area contributed by atoms with Gasteiger partial charge in [0.15, 0.2) is 11.7 Å².